The van der Waals surface area contributed by atoms with Crippen LogP contribution in [0.5, 0.6) is 11.8 Å². The van der Waals surface area contributed by atoms with Crippen LogP contribution in [0.2, 0.25) is 0 Å². The van der Waals surface area contributed by atoms with Crippen LogP contribution in [0.25, 0.3) is 0 Å². The van der Waals surface area contributed by atoms with Gasteiger partial charge < -0.3 is 20.1 Å². The number of anilines is 2. The summed E-state index contributed by atoms with van der Waals surface area (Å²) in [5, 5.41) is 6.89. The molecule has 0 bridgehead atoms. The highest BCUT2D eigenvalue weighted by Crippen LogP contribution is 2.31. The van der Waals surface area contributed by atoms with Crippen molar-refractivity contribution in [2.75, 3.05) is 10.6 Å². The summed E-state index contributed by atoms with van der Waals surface area (Å²) in [5.41, 5.74) is 4.21. The predicted molar refractivity (Wildman–Crippen MR) is 123 cm³/mol. The second-order valence-corrected chi connectivity index (χ2v) is 8.94. The van der Waals surface area contributed by atoms with Crippen LogP contribution in [-0.2, 0) is 6.42 Å². The van der Waals surface area contributed by atoms with E-state index in [0.717, 1.165) is 42.6 Å². The molecule has 0 aromatic carbocycles. The summed E-state index contributed by atoms with van der Waals surface area (Å²) in [6, 6.07) is 4.89. The molecule has 2 N–H and O–H groups in total. The van der Waals surface area contributed by atoms with Crippen molar-refractivity contribution in [3.05, 3.63) is 35.7 Å². The number of aryl methyl sites for hydroxylation is 2. The Morgan fingerprint density at radius 3 is 2.20 bits per heavy atom. The van der Waals surface area contributed by atoms with E-state index in [-0.39, 0.29) is 6.10 Å². The normalized spacial score (nSPS) is 14.7. The van der Waals surface area contributed by atoms with Gasteiger partial charge in [0.25, 0.3) is 0 Å². The number of hydrogen-bond donors (Lipinski definition) is 2. The van der Waals surface area contributed by atoms with Gasteiger partial charge in [-0.25, -0.2) is 9.97 Å². The highest BCUT2D eigenvalue weighted by atomic mass is 16.5. The Morgan fingerprint density at radius 2 is 1.57 bits per heavy atom. The van der Waals surface area contributed by atoms with Crippen molar-refractivity contribution in [3.63, 3.8) is 0 Å². The van der Waals surface area contributed by atoms with Crippen LogP contribution >= 0.6 is 0 Å². The van der Waals surface area contributed by atoms with Crippen LogP contribution in [0, 0.1) is 6.92 Å². The van der Waals surface area contributed by atoms with Crippen LogP contribution in [-0.4, -0.2) is 34.3 Å². The monoisotopic (exact) mass is 412 g/mol. The topological polar surface area (TPSA) is 68.3 Å². The Hall–Kier alpha value is -2.50. The van der Waals surface area contributed by atoms with E-state index in [1.165, 1.54) is 5.56 Å². The largest absolute Gasteiger partial charge is 0.473 e. The fourth-order valence-corrected chi connectivity index (χ4v) is 3.17. The number of aromatic nitrogens is 2. The molecule has 1 aliphatic carbocycles. The molecule has 1 fully saturated rings. The van der Waals surface area contributed by atoms with E-state index < -0.39 is 0 Å². The molecule has 1 saturated carbocycles. The van der Waals surface area contributed by atoms with Crippen molar-refractivity contribution in [2.45, 2.75) is 91.5 Å². The molecule has 2 aromatic rings. The molecule has 2 heterocycles. The standard InChI is InChI=1S/C24H36N4O2/c1-15(2)27-21-11-17(5)13-25-23(21)29-18(6)7-8-19-12-22(28-16(3)4)24(26-14-19)30-20-9-10-20/h11-16,18,20,27-28H,7-10H2,1-6H3. The van der Waals surface area contributed by atoms with E-state index in [9.17, 15) is 0 Å². The van der Waals surface area contributed by atoms with Gasteiger partial charge in [-0.1, -0.05) is 0 Å². The predicted octanol–water partition coefficient (Wildman–Crippen LogP) is 5.37. The van der Waals surface area contributed by atoms with Gasteiger partial charge in [-0.05, 0) is 90.5 Å². The second-order valence-electron chi connectivity index (χ2n) is 8.94. The van der Waals surface area contributed by atoms with Gasteiger partial charge in [0.1, 0.15) is 6.10 Å². The summed E-state index contributed by atoms with van der Waals surface area (Å²) in [4.78, 5) is 9.08. The Morgan fingerprint density at radius 1 is 0.933 bits per heavy atom. The zero-order chi connectivity index (χ0) is 21.7. The molecule has 0 saturated heterocycles. The highest BCUT2D eigenvalue weighted by molar-refractivity contribution is 5.55. The molecule has 0 spiro atoms. The summed E-state index contributed by atoms with van der Waals surface area (Å²) < 4.78 is 12.1. The van der Waals surface area contributed by atoms with Gasteiger partial charge in [0.2, 0.25) is 11.8 Å². The molecule has 6 heteroatoms. The van der Waals surface area contributed by atoms with Gasteiger partial charge in [0.05, 0.1) is 17.5 Å². The maximum atomic E-state index is 6.17. The van der Waals surface area contributed by atoms with E-state index in [0.29, 0.717) is 29.9 Å². The minimum Gasteiger partial charge on any atom is -0.473 e. The maximum absolute atomic E-state index is 6.17. The number of hydrogen-bond acceptors (Lipinski definition) is 6. The maximum Gasteiger partial charge on any atom is 0.237 e. The lowest BCUT2D eigenvalue weighted by Crippen LogP contribution is -2.17. The fourth-order valence-electron chi connectivity index (χ4n) is 3.17. The van der Waals surface area contributed by atoms with E-state index in [1.54, 1.807) is 0 Å². The fraction of sp³-hybridized carbons (Fsp3) is 0.583. The molecule has 30 heavy (non-hydrogen) atoms. The van der Waals surface area contributed by atoms with E-state index in [2.05, 4.69) is 67.4 Å². The highest BCUT2D eigenvalue weighted by Gasteiger charge is 2.25. The van der Waals surface area contributed by atoms with Gasteiger partial charge in [0.15, 0.2) is 0 Å². The first-order valence-electron chi connectivity index (χ1n) is 11.1. The Balaban J connectivity index is 1.62. The Labute approximate surface area is 180 Å². The van der Waals surface area contributed by atoms with Crippen molar-refractivity contribution in [1.82, 2.24) is 9.97 Å². The van der Waals surface area contributed by atoms with Gasteiger partial charge in [-0.15, -0.1) is 0 Å². The minimum atomic E-state index is 0.0387. The molecule has 0 aliphatic heterocycles. The molecular formula is C24H36N4O2. The number of rotatable bonds is 11. The zero-order valence-corrected chi connectivity index (χ0v) is 19.2. The first-order valence-corrected chi connectivity index (χ1v) is 11.1. The zero-order valence-electron chi connectivity index (χ0n) is 19.2. The van der Waals surface area contributed by atoms with Crippen molar-refractivity contribution in [3.8, 4) is 11.8 Å². The average Bonchev–Trinajstić information content (AvgIpc) is 3.47. The van der Waals surface area contributed by atoms with Gasteiger partial charge in [-0.3, -0.25) is 0 Å². The quantitative estimate of drug-likeness (QED) is 0.517. The molecule has 0 radical (unpaired) electrons. The summed E-state index contributed by atoms with van der Waals surface area (Å²) in [6.45, 7) is 12.6. The number of ether oxygens (including phenoxy) is 2. The van der Waals surface area contributed by atoms with Crippen molar-refractivity contribution in [1.29, 1.82) is 0 Å². The van der Waals surface area contributed by atoms with Crippen molar-refractivity contribution >= 4 is 11.4 Å². The van der Waals surface area contributed by atoms with Gasteiger partial charge in [-0.2, -0.15) is 0 Å². The molecule has 2 aromatic heterocycles. The van der Waals surface area contributed by atoms with Crippen LogP contribution in [0.1, 0.15) is 65.0 Å². The molecule has 1 aliphatic rings. The first kappa shape index (κ1) is 22.2. The summed E-state index contributed by atoms with van der Waals surface area (Å²) in [7, 11) is 0. The minimum absolute atomic E-state index is 0.0387. The van der Waals surface area contributed by atoms with Crippen molar-refractivity contribution < 1.29 is 9.47 Å². The van der Waals surface area contributed by atoms with E-state index in [1.807, 2.05) is 19.3 Å². The average molecular weight is 413 g/mol. The lowest BCUT2D eigenvalue weighted by molar-refractivity contribution is 0.204. The number of pyridine rings is 2. The van der Waals surface area contributed by atoms with Crippen molar-refractivity contribution in [2.24, 2.45) is 0 Å². The third-order valence-corrected chi connectivity index (χ3v) is 4.74. The molecule has 3 rings (SSSR count). The summed E-state index contributed by atoms with van der Waals surface area (Å²) in [5.74, 6) is 1.38. The number of nitrogens with zero attached hydrogens (tertiary/aromatic N) is 2. The summed E-state index contributed by atoms with van der Waals surface area (Å²) in [6.07, 6.45) is 8.15. The van der Waals surface area contributed by atoms with Crippen LogP contribution < -0.4 is 20.1 Å². The van der Waals surface area contributed by atoms with Crippen LogP contribution in [0.3, 0.4) is 0 Å². The second kappa shape index (κ2) is 10.0. The van der Waals surface area contributed by atoms with E-state index in [4.69, 9.17) is 9.47 Å². The van der Waals surface area contributed by atoms with Gasteiger partial charge >= 0.3 is 0 Å². The SMILES string of the molecule is Cc1cnc(OC(C)CCc2cnc(OC3CC3)c(NC(C)C)c2)c(NC(C)C)c1. The molecule has 0 amide bonds. The lowest BCUT2D eigenvalue weighted by Gasteiger charge is -2.19. The third-order valence-electron chi connectivity index (χ3n) is 4.74. The van der Waals surface area contributed by atoms with E-state index >= 15 is 0 Å². The molecule has 6 nitrogen and oxygen atoms in total. The smallest absolute Gasteiger partial charge is 0.237 e. The van der Waals surface area contributed by atoms with Gasteiger partial charge in [0, 0.05) is 24.5 Å². The number of nitrogens with one attached hydrogen (secondary N) is 2. The molecule has 164 valence electrons. The first-order chi connectivity index (χ1) is 14.3. The molecular weight excluding hydrogens is 376 g/mol. The molecule has 1 unspecified atom stereocenters. The lowest BCUT2D eigenvalue weighted by atomic mass is 10.1. The Bertz CT molecular complexity index is 834. The van der Waals surface area contributed by atoms with Crippen LogP contribution in [0.4, 0.5) is 11.4 Å². The molecule has 1 atom stereocenters. The van der Waals surface area contributed by atoms with Crippen LogP contribution in [0.15, 0.2) is 24.5 Å². The third kappa shape index (κ3) is 6.78. The summed E-state index contributed by atoms with van der Waals surface area (Å²) >= 11 is 0. The Kier molecular flexibility index (Phi) is 7.40.